The van der Waals surface area contributed by atoms with Crippen molar-refractivity contribution < 1.29 is 9.59 Å². The van der Waals surface area contributed by atoms with Crippen LogP contribution in [0, 0.1) is 0 Å². The fourth-order valence-electron chi connectivity index (χ4n) is 3.01. The molecule has 1 unspecified atom stereocenters. The first-order chi connectivity index (χ1) is 13.1. The van der Waals surface area contributed by atoms with E-state index in [0.29, 0.717) is 11.3 Å². The van der Waals surface area contributed by atoms with Crippen LogP contribution < -0.4 is 10.6 Å². The van der Waals surface area contributed by atoms with Gasteiger partial charge in [-0.2, -0.15) is 0 Å². The van der Waals surface area contributed by atoms with Crippen molar-refractivity contribution in [1.29, 1.82) is 0 Å². The molecule has 1 heterocycles. The van der Waals surface area contributed by atoms with Crippen molar-refractivity contribution in [2.75, 3.05) is 10.6 Å². The van der Waals surface area contributed by atoms with Crippen molar-refractivity contribution in [3.63, 3.8) is 0 Å². The lowest BCUT2D eigenvalue weighted by Gasteiger charge is -2.21. The first kappa shape index (κ1) is 17.4. The van der Waals surface area contributed by atoms with E-state index in [0.717, 1.165) is 21.7 Å². The smallest absolute Gasteiger partial charge is 0.255 e. The third-order valence-corrected chi connectivity index (χ3v) is 5.61. The van der Waals surface area contributed by atoms with Gasteiger partial charge in [-0.1, -0.05) is 48.5 Å². The second-order valence-electron chi connectivity index (χ2n) is 6.33. The summed E-state index contributed by atoms with van der Waals surface area (Å²) < 4.78 is 0. The summed E-state index contributed by atoms with van der Waals surface area (Å²) >= 11 is 1.50. The van der Waals surface area contributed by atoms with Crippen LogP contribution in [0.15, 0.2) is 77.7 Å². The molecule has 0 bridgehead atoms. The van der Waals surface area contributed by atoms with Gasteiger partial charge in [0.05, 0.1) is 10.9 Å². The van der Waals surface area contributed by atoms with Gasteiger partial charge in [-0.25, -0.2) is 0 Å². The third-order valence-electron chi connectivity index (χ3n) is 4.43. The number of anilines is 2. The Kier molecular flexibility index (Phi) is 4.69. The van der Waals surface area contributed by atoms with Crippen LogP contribution in [-0.4, -0.2) is 17.1 Å². The number of hydrogen-bond donors (Lipinski definition) is 2. The van der Waals surface area contributed by atoms with Gasteiger partial charge in [-0.15, -0.1) is 11.8 Å². The molecule has 1 aliphatic rings. The summed E-state index contributed by atoms with van der Waals surface area (Å²) in [5, 5.41) is 5.73. The predicted molar refractivity (Wildman–Crippen MR) is 110 cm³/mol. The summed E-state index contributed by atoms with van der Waals surface area (Å²) in [5.74, 6) is -0.251. The molecular weight excluding hydrogens is 356 g/mol. The highest BCUT2D eigenvalue weighted by atomic mass is 32.2. The molecule has 134 valence electrons. The van der Waals surface area contributed by atoms with Crippen molar-refractivity contribution in [2.45, 2.75) is 17.1 Å². The number of benzene rings is 3. The number of amides is 2. The van der Waals surface area contributed by atoms with E-state index in [1.807, 2.05) is 67.6 Å². The van der Waals surface area contributed by atoms with Gasteiger partial charge in [0.1, 0.15) is 0 Å². The first-order valence-electron chi connectivity index (χ1n) is 8.69. The Bertz CT molecular complexity index is 1020. The molecule has 0 saturated heterocycles. The Morgan fingerprint density at radius 2 is 1.74 bits per heavy atom. The van der Waals surface area contributed by atoms with Crippen LogP contribution in [0.4, 0.5) is 11.4 Å². The highest BCUT2D eigenvalue weighted by Crippen LogP contribution is 2.36. The number of carbonyl (C=O) groups excluding carboxylic acids is 2. The second-order valence-corrected chi connectivity index (χ2v) is 7.71. The zero-order valence-electron chi connectivity index (χ0n) is 14.7. The average molecular weight is 374 g/mol. The summed E-state index contributed by atoms with van der Waals surface area (Å²) in [5.41, 5.74) is 3.94. The van der Waals surface area contributed by atoms with Gasteiger partial charge in [-0.3, -0.25) is 9.59 Å². The van der Waals surface area contributed by atoms with E-state index in [2.05, 4.69) is 10.6 Å². The van der Waals surface area contributed by atoms with Gasteiger partial charge in [-0.05, 0) is 36.8 Å². The highest BCUT2D eigenvalue weighted by molar-refractivity contribution is 8.00. The Morgan fingerprint density at radius 1 is 1.00 bits per heavy atom. The quantitative estimate of drug-likeness (QED) is 0.675. The molecule has 2 amide bonds. The summed E-state index contributed by atoms with van der Waals surface area (Å²) in [4.78, 5) is 25.7. The van der Waals surface area contributed by atoms with Crippen LogP contribution in [0.25, 0.3) is 11.1 Å². The minimum Gasteiger partial charge on any atom is -0.324 e. The van der Waals surface area contributed by atoms with E-state index < -0.39 is 0 Å². The lowest BCUT2D eigenvalue weighted by Crippen LogP contribution is -2.26. The SMILES string of the molecule is CC1Sc2ccc(C(=O)Nc3ccccc3-c3ccccc3)cc2NC1=O. The minimum absolute atomic E-state index is 0.0421. The van der Waals surface area contributed by atoms with E-state index in [-0.39, 0.29) is 17.1 Å². The fraction of sp³-hybridized carbons (Fsp3) is 0.0909. The molecule has 0 aliphatic carbocycles. The number of rotatable bonds is 3. The number of nitrogens with one attached hydrogen (secondary N) is 2. The van der Waals surface area contributed by atoms with Crippen LogP contribution in [0.2, 0.25) is 0 Å². The molecule has 0 saturated carbocycles. The molecule has 1 atom stereocenters. The van der Waals surface area contributed by atoms with Crippen LogP contribution in [0.5, 0.6) is 0 Å². The summed E-state index contributed by atoms with van der Waals surface area (Å²) in [6.07, 6.45) is 0. The predicted octanol–water partition coefficient (Wildman–Crippen LogP) is 5.04. The first-order valence-corrected chi connectivity index (χ1v) is 9.57. The highest BCUT2D eigenvalue weighted by Gasteiger charge is 2.23. The molecule has 3 aromatic rings. The summed E-state index contributed by atoms with van der Waals surface area (Å²) in [6.45, 7) is 1.87. The molecule has 4 rings (SSSR count). The van der Waals surface area contributed by atoms with Crippen molar-refractivity contribution in [3.8, 4) is 11.1 Å². The van der Waals surface area contributed by atoms with Crippen LogP contribution in [0.3, 0.4) is 0 Å². The molecule has 1 aliphatic heterocycles. The van der Waals surface area contributed by atoms with Crippen molar-refractivity contribution in [3.05, 3.63) is 78.4 Å². The Hall–Kier alpha value is -3.05. The fourth-order valence-corrected chi connectivity index (χ4v) is 3.94. The van der Waals surface area contributed by atoms with E-state index in [4.69, 9.17) is 0 Å². The Balaban J connectivity index is 1.61. The summed E-state index contributed by atoms with van der Waals surface area (Å²) in [6, 6.07) is 23.0. The van der Waals surface area contributed by atoms with Crippen LogP contribution >= 0.6 is 11.8 Å². The zero-order chi connectivity index (χ0) is 18.8. The normalized spacial score (nSPS) is 15.6. The van der Waals surface area contributed by atoms with Crippen molar-refractivity contribution in [2.24, 2.45) is 0 Å². The van der Waals surface area contributed by atoms with Crippen LogP contribution in [-0.2, 0) is 4.79 Å². The molecule has 2 N–H and O–H groups in total. The number of carbonyl (C=O) groups is 2. The maximum atomic E-state index is 12.8. The molecule has 0 radical (unpaired) electrons. The van der Waals surface area contributed by atoms with Gasteiger partial charge in [0, 0.05) is 21.7 Å². The zero-order valence-corrected chi connectivity index (χ0v) is 15.5. The molecule has 27 heavy (non-hydrogen) atoms. The maximum Gasteiger partial charge on any atom is 0.255 e. The number of fused-ring (bicyclic) bond motifs is 1. The second kappa shape index (κ2) is 7.29. The topological polar surface area (TPSA) is 58.2 Å². The molecule has 4 nitrogen and oxygen atoms in total. The van der Waals surface area contributed by atoms with E-state index in [1.165, 1.54) is 11.8 Å². The number of para-hydroxylation sites is 1. The maximum absolute atomic E-state index is 12.8. The van der Waals surface area contributed by atoms with E-state index in [1.54, 1.807) is 12.1 Å². The van der Waals surface area contributed by atoms with E-state index >= 15 is 0 Å². The largest absolute Gasteiger partial charge is 0.324 e. The summed E-state index contributed by atoms with van der Waals surface area (Å²) in [7, 11) is 0. The molecule has 5 heteroatoms. The van der Waals surface area contributed by atoms with Gasteiger partial charge in [0.2, 0.25) is 5.91 Å². The average Bonchev–Trinajstić information content (AvgIpc) is 2.69. The molecule has 0 spiro atoms. The molecule has 3 aromatic carbocycles. The van der Waals surface area contributed by atoms with Crippen LogP contribution in [0.1, 0.15) is 17.3 Å². The van der Waals surface area contributed by atoms with Gasteiger partial charge >= 0.3 is 0 Å². The lowest BCUT2D eigenvalue weighted by molar-refractivity contribution is -0.115. The Labute approximate surface area is 162 Å². The number of thioether (sulfide) groups is 1. The third kappa shape index (κ3) is 3.59. The van der Waals surface area contributed by atoms with E-state index in [9.17, 15) is 9.59 Å². The van der Waals surface area contributed by atoms with Gasteiger partial charge < -0.3 is 10.6 Å². The Morgan fingerprint density at radius 3 is 2.56 bits per heavy atom. The minimum atomic E-state index is -0.209. The molecular formula is C22H18N2O2S. The lowest BCUT2D eigenvalue weighted by atomic mass is 10.0. The monoisotopic (exact) mass is 374 g/mol. The van der Waals surface area contributed by atoms with Gasteiger partial charge in [0.15, 0.2) is 0 Å². The van der Waals surface area contributed by atoms with Gasteiger partial charge in [0.25, 0.3) is 5.91 Å². The standard InChI is InChI=1S/C22H18N2O2S/c1-14-21(25)24-19-13-16(11-12-20(19)27-14)22(26)23-18-10-6-5-9-17(18)15-7-3-2-4-8-15/h2-14H,1H3,(H,23,26)(H,24,25). The van der Waals surface area contributed by atoms with Crippen molar-refractivity contribution >= 4 is 35.0 Å². The molecule has 0 aromatic heterocycles. The van der Waals surface area contributed by atoms with Crippen molar-refractivity contribution in [1.82, 2.24) is 0 Å². The number of hydrogen-bond acceptors (Lipinski definition) is 3. The molecule has 0 fully saturated rings.